The Morgan fingerprint density at radius 1 is 1.15 bits per heavy atom. The zero-order chi connectivity index (χ0) is 27.6. The number of nitrogens with one attached hydrogen (secondary N) is 1. The predicted octanol–water partition coefficient (Wildman–Crippen LogP) is 3.96. The summed E-state index contributed by atoms with van der Waals surface area (Å²) in [5.74, 6) is 1.41. The molecular formula is C29H29N7O3. The lowest BCUT2D eigenvalue weighted by Crippen LogP contribution is -2.39. The summed E-state index contributed by atoms with van der Waals surface area (Å²) in [5.41, 5.74) is 6.84. The minimum Gasteiger partial charge on any atom is -0.457 e. The molecule has 0 bridgehead atoms. The van der Waals surface area contributed by atoms with Gasteiger partial charge in [-0.15, -0.1) is 0 Å². The third-order valence-electron chi connectivity index (χ3n) is 6.51. The second kappa shape index (κ2) is 10.5. The Morgan fingerprint density at radius 3 is 2.51 bits per heavy atom. The normalized spacial score (nSPS) is 13.7. The van der Waals surface area contributed by atoms with Crippen LogP contribution in [0.4, 0.5) is 5.82 Å². The number of nitrogen functional groups attached to an aromatic ring is 1. The fourth-order valence-electron chi connectivity index (χ4n) is 4.33. The molecule has 0 aliphatic heterocycles. The SMILES string of the molecule is CC(C)(CNC(=O)C(C#N)=CC1CC1)Cn1c(=O)n(-c2ccc(Oc3ccccc3)cc2)c2c(N)ncnc21. The van der Waals surface area contributed by atoms with E-state index in [4.69, 9.17) is 10.5 Å². The Bertz CT molecular complexity index is 1640. The lowest BCUT2D eigenvalue weighted by atomic mass is 9.93. The second-order valence-electron chi connectivity index (χ2n) is 10.4. The average Bonchev–Trinajstić information content (AvgIpc) is 3.71. The molecular weight excluding hydrogens is 494 g/mol. The number of amides is 1. The fourth-order valence-corrected chi connectivity index (χ4v) is 4.33. The quantitative estimate of drug-likeness (QED) is 0.250. The number of aromatic nitrogens is 4. The Balaban J connectivity index is 1.41. The molecule has 0 radical (unpaired) electrons. The van der Waals surface area contributed by atoms with Crippen molar-refractivity contribution >= 4 is 22.9 Å². The largest absolute Gasteiger partial charge is 0.457 e. The first kappa shape index (κ1) is 25.7. The minimum absolute atomic E-state index is 0.127. The topological polar surface area (TPSA) is 141 Å². The lowest BCUT2D eigenvalue weighted by molar-refractivity contribution is -0.117. The van der Waals surface area contributed by atoms with Gasteiger partial charge in [-0.2, -0.15) is 5.26 Å². The molecule has 10 nitrogen and oxygen atoms in total. The first-order chi connectivity index (χ1) is 18.8. The van der Waals surface area contributed by atoms with E-state index in [1.807, 2.05) is 50.2 Å². The molecule has 39 heavy (non-hydrogen) atoms. The summed E-state index contributed by atoms with van der Waals surface area (Å²) in [4.78, 5) is 34.8. The Morgan fingerprint density at radius 2 is 1.85 bits per heavy atom. The number of para-hydroxylation sites is 1. The molecule has 1 fully saturated rings. The predicted molar refractivity (Wildman–Crippen MR) is 147 cm³/mol. The van der Waals surface area contributed by atoms with E-state index in [9.17, 15) is 14.9 Å². The van der Waals surface area contributed by atoms with Crippen molar-refractivity contribution in [2.45, 2.75) is 33.2 Å². The number of hydrogen-bond acceptors (Lipinski definition) is 7. The van der Waals surface area contributed by atoms with Gasteiger partial charge >= 0.3 is 5.69 Å². The summed E-state index contributed by atoms with van der Waals surface area (Å²) in [5, 5.41) is 12.2. The van der Waals surface area contributed by atoms with Crippen molar-refractivity contribution < 1.29 is 9.53 Å². The molecule has 2 aromatic heterocycles. The number of nitrogens with two attached hydrogens (primary N) is 1. The fraction of sp³-hybridized carbons (Fsp3) is 0.276. The molecule has 0 spiro atoms. The number of ether oxygens (including phenoxy) is 1. The molecule has 3 N–H and O–H groups in total. The maximum atomic E-state index is 13.7. The summed E-state index contributed by atoms with van der Waals surface area (Å²) in [7, 11) is 0. The van der Waals surface area contributed by atoms with Gasteiger partial charge < -0.3 is 15.8 Å². The van der Waals surface area contributed by atoms with Crippen LogP contribution in [0.25, 0.3) is 16.9 Å². The lowest BCUT2D eigenvalue weighted by Gasteiger charge is -2.25. The van der Waals surface area contributed by atoms with Gasteiger partial charge in [0.05, 0.1) is 5.69 Å². The maximum Gasteiger partial charge on any atom is 0.335 e. The van der Waals surface area contributed by atoms with Crippen LogP contribution in [0, 0.1) is 22.7 Å². The van der Waals surface area contributed by atoms with Gasteiger partial charge in [-0.3, -0.25) is 13.9 Å². The van der Waals surface area contributed by atoms with Crippen molar-refractivity contribution in [3.8, 4) is 23.3 Å². The van der Waals surface area contributed by atoms with Gasteiger partial charge in [0.25, 0.3) is 5.91 Å². The molecule has 2 aromatic carbocycles. The number of hydrogen-bond donors (Lipinski definition) is 2. The van der Waals surface area contributed by atoms with Gasteiger partial charge in [0.2, 0.25) is 0 Å². The van der Waals surface area contributed by atoms with E-state index >= 15 is 0 Å². The van der Waals surface area contributed by atoms with Crippen molar-refractivity contribution in [3.05, 3.63) is 83.1 Å². The first-order valence-corrected chi connectivity index (χ1v) is 12.7. The van der Waals surface area contributed by atoms with Crippen molar-refractivity contribution in [3.63, 3.8) is 0 Å². The number of carbonyl (C=O) groups is 1. The van der Waals surface area contributed by atoms with Crippen LogP contribution in [-0.4, -0.2) is 31.6 Å². The van der Waals surface area contributed by atoms with Gasteiger partial charge in [-0.05, 0) is 55.2 Å². The minimum atomic E-state index is -0.550. The van der Waals surface area contributed by atoms with Gasteiger partial charge in [0, 0.05) is 18.5 Å². The summed E-state index contributed by atoms with van der Waals surface area (Å²) >= 11 is 0. The molecule has 1 aliphatic rings. The summed E-state index contributed by atoms with van der Waals surface area (Å²) in [6.45, 7) is 4.36. The van der Waals surface area contributed by atoms with Crippen molar-refractivity contribution in [1.29, 1.82) is 5.26 Å². The van der Waals surface area contributed by atoms with Crippen LogP contribution in [-0.2, 0) is 11.3 Å². The van der Waals surface area contributed by atoms with Crippen molar-refractivity contribution in [2.75, 3.05) is 12.3 Å². The third kappa shape index (κ3) is 5.67. The van der Waals surface area contributed by atoms with E-state index < -0.39 is 11.3 Å². The van der Waals surface area contributed by atoms with E-state index in [0.29, 0.717) is 34.3 Å². The Hall–Kier alpha value is -4.91. The molecule has 1 amide bonds. The zero-order valence-corrected chi connectivity index (χ0v) is 21.8. The highest BCUT2D eigenvalue weighted by molar-refractivity contribution is 5.97. The third-order valence-corrected chi connectivity index (χ3v) is 6.51. The number of imidazole rings is 1. The smallest absolute Gasteiger partial charge is 0.335 e. The van der Waals surface area contributed by atoms with Gasteiger partial charge in [-0.1, -0.05) is 38.1 Å². The number of rotatable bonds is 9. The molecule has 0 atom stereocenters. The number of anilines is 1. The molecule has 1 aliphatic carbocycles. The van der Waals surface area contributed by atoms with E-state index in [-0.39, 0.29) is 30.2 Å². The second-order valence-corrected chi connectivity index (χ2v) is 10.4. The van der Waals surface area contributed by atoms with Crippen LogP contribution in [0.5, 0.6) is 11.5 Å². The molecule has 0 saturated heterocycles. The van der Waals surface area contributed by atoms with Crippen LogP contribution >= 0.6 is 0 Å². The van der Waals surface area contributed by atoms with E-state index in [2.05, 4.69) is 15.3 Å². The van der Waals surface area contributed by atoms with Crippen LogP contribution < -0.4 is 21.5 Å². The van der Waals surface area contributed by atoms with Crippen LogP contribution in [0.1, 0.15) is 26.7 Å². The molecule has 5 rings (SSSR count). The Kier molecular flexibility index (Phi) is 6.90. The average molecular weight is 524 g/mol. The standard InChI is InChI=1S/C29H29N7O3/c1-29(2,16-32-27(37)20(15-30)14-19-8-9-19)17-35-26-24(25(31)33-18-34-26)36(28(35)38)21-10-12-23(13-11-21)39-22-6-4-3-5-7-22/h3-7,10-14,18-19H,8-9,16-17H2,1-2H3,(H,32,37)(H2,31,33,34). The van der Waals surface area contributed by atoms with Crippen molar-refractivity contribution in [2.24, 2.45) is 11.3 Å². The highest BCUT2D eigenvalue weighted by Crippen LogP contribution is 2.31. The Labute approximate surface area is 225 Å². The van der Waals surface area contributed by atoms with E-state index in [1.165, 1.54) is 10.9 Å². The maximum absolute atomic E-state index is 13.7. The highest BCUT2D eigenvalue weighted by atomic mass is 16.5. The number of nitrogens with zero attached hydrogens (tertiary/aromatic N) is 5. The zero-order valence-electron chi connectivity index (χ0n) is 21.8. The number of allylic oxidation sites excluding steroid dienone is 1. The number of nitriles is 1. The monoisotopic (exact) mass is 523 g/mol. The molecule has 1 saturated carbocycles. The van der Waals surface area contributed by atoms with Gasteiger partial charge in [0.1, 0.15) is 35.0 Å². The van der Waals surface area contributed by atoms with Crippen LogP contribution in [0.2, 0.25) is 0 Å². The number of carbonyl (C=O) groups excluding carboxylic acids is 1. The molecule has 4 aromatic rings. The van der Waals surface area contributed by atoms with Crippen LogP contribution in [0.3, 0.4) is 0 Å². The van der Waals surface area contributed by atoms with E-state index in [0.717, 1.165) is 12.8 Å². The summed E-state index contributed by atoms with van der Waals surface area (Å²) < 4.78 is 8.90. The molecule has 2 heterocycles. The number of fused-ring (bicyclic) bond motifs is 1. The first-order valence-electron chi connectivity index (χ1n) is 12.7. The van der Waals surface area contributed by atoms with Gasteiger partial charge in [0.15, 0.2) is 11.5 Å². The molecule has 0 unspecified atom stereocenters. The van der Waals surface area contributed by atoms with Crippen LogP contribution in [0.15, 0.2) is 77.4 Å². The summed E-state index contributed by atoms with van der Waals surface area (Å²) in [6, 6.07) is 18.5. The molecule has 10 heteroatoms. The van der Waals surface area contributed by atoms with Crippen molar-refractivity contribution in [1.82, 2.24) is 24.4 Å². The van der Waals surface area contributed by atoms with Gasteiger partial charge in [-0.25, -0.2) is 14.8 Å². The number of benzene rings is 2. The molecule has 198 valence electrons. The highest BCUT2D eigenvalue weighted by Gasteiger charge is 2.27. The summed E-state index contributed by atoms with van der Waals surface area (Å²) in [6.07, 6.45) is 5.07. The van der Waals surface area contributed by atoms with E-state index in [1.54, 1.807) is 34.9 Å².